The molecule has 0 bridgehead atoms. The van der Waals surface area contributed by atoms with E-state index in [9.17, 15) is 0 Å². The molecule has 1 aliphatic rings. The van der Waals surface area contributed by atoms with Crippen LogP contribution in [0.3, 0.4) is 0 Å². The fraction of sp³-hybridized carbons (Fsp3) is 0.300. The molecule has 0 aliphatic carbocycles. The Balaban J connectivity index is 0.000000980. The first-order valence-electron chi connectivity index (χ1n) is 4.47. The third-order valence-corrected chi connectivity index (χ3v) is 2.21. The molecule has 1 aliphatic heterocycles. The van der Waals surface area contributed by atoms with Crippen molar-refractivity contribution >= 4 is 22.9 Å². The predicted octanol–water partition coefficient (Wildman–Crippen LogP) is 1.60. The van der Waals surface area contributed by atoms with Gasteiger partial charge in [0.25, 0.3) is 0 Å². The summed E-state index contributed by atoms with van der Waals surface area (Å²) < 4.78 is 0. The van der Waals surface area contributed by atoms with E-state index in [1.807, 2.05) is 23.1 Å². The van der Waals surface area contributed by atoms with Crippen LogP contribution in [-0.4, -0.2) is 23.9 Å². The lowest BCUT2D eigenvalue weighted by atomic mass is 10.2. The van der Waals surface area contributed by atoms with Gasteiger partial charge < -0.3 is 10.2 Å². The van der Waals surface area contributed by atoms with Crippen LogP contribution in [0.2, 0.25) is 0 Å². The van der Waals surface area contributed by atoms with E-state index >= 15 is 0 Å². The van der Waals surface area contributed by atoms with E-state index in [2.05, 4.69) is 17.4 Å². The van der Waals surface area contributed by atoms with Crippen LogP contribution in [-0.2, 0) is 6.54 Å². The van der Waals surface area contributed by atoms with Crippen molar-refractivity contribution in [1.29, 1.82) is 5.41 Å². The lowest BCUT2D eigenvalue weighted by Crippen LogP contribution is -2.28. The van der Waals surface area contributed by atoms with Gasteiger partial charge in [0, 0.05) is 19.6 Å². The van der Waals surface area contributed by atoms with Gasteiger partial charge in [-0.05, 0) is 5.56 Å². The third-order valence-electron chi connectivity index (χ3n) is 2.21. The average molecular weight is 256 g/mol. The first kappa shape index (κ1) is 11.0. The topological polar surface area (TPSA) is 39.1 Å². The van der Waals surface area contributed by atoms with Crippen molar-refractivity contribution in [1.82, 2.24) is 10.2 Å². The van der Waals surface area contributed by atoms with Crippen molar-refractivity contribution in [3.63, 3.8) is 0 Å². The second kappa shape index (κ2) is 5.00. The monoisotopic (exact) mass is 255 g/mol. The maximum absolute atomic E-state index is 7.57. The number of rotatable bonds is 2. The summed E-state index contributed by atoms with van der Waals surface area (Å²) in [6, 6.07) is 10.2. The quantitative estimate of drug-likeness (QED) is 0.843. The standard InChI is InChI=1S/C10H13N3.BrH/c11-10-12-6-7-13(10)8-9-4-2-1-3-5-9;/h1-5H,6-8H2,(H2,11,12);1H. The Hall–Kier alpha value is -1.03. The zero-order valence-electron chi connectivity index (χ0n) is 7.86. The van der Waals surface area contributed by atoms with Crippen molar-refractivity contribution in [2.45, 2.75) is 6.54 Å². The van der Waals surface area contributed by atoms with E-state index < -0.39 is 0 Å². The molecule has 0 amide bonds. The van der Waals surface area contributed by atoms with Crippen LogP contribution >= 0.6 is 17.0 Å². The van der Waals surface area contributed by atoms with Crippen molar-refractivity contribution in [2.24, 2.45) is 0 Å². The Morgan fingerprint density at radius 1 is 1.29 bits per heavy atom. The molecule has 0 saturated carbocycles. The van der Waals surface area contributed by atoms with E-state index in [1.165, 1.54) is 5.56 Å². The molecular formula is C10H14BrN3. The molecule has 0 unspecified atom stereocenters. The molecule has 3 nitrogen and oxygen atoms in total. The highest BCUT2D eigenvalue weighted by Gasteiger charge is 2.15. The van der Waals surface area contributed by atoms with E-state index in [1.54, 1.807) is 0 Å². The maximum Gasteiger partial charge on any atom is 0.191 e. The summed E-state index contributed by atoms with van der Waals surface area (Å²) in [5.74, 6) is 0.545. The molecule has 76 valence electrons. The summed E-state index contributed by atoms with van der Waals surface area (Å²) in [7, 11) is 0. The van der Waals surface area contributed by atoms with E-state index in [0.29, 0.717) is 5.96 Å². The molecule has 4 heteroatoms. The highest BCUT2D eigenvalue weighted by Crippen LogP contribution is 2.05. The van der Waals surface area contributed by atoms with Crippen LogP contribution in [0.15, 0.2) is 30.3 Å². The zero-order chi connectivity index (χ0) is 9.10. The molecule has 1 saturated heterocycles. The molecule has 1 aromatic carbocycles. The average Bonchev–Trinajstić information content (AvgIpc) is 2.54. The molecule has 0 aromatic heterocycles. The lowest BCUT2D eigenvalue weighted by molar-refractivity contribution is 0.455. The Kier molecular flexibility index (Phi) is 3.95. The van der Waals surface area contributed by atoms with Gasteiger partial charge in [0.05, 0.1) is 0 Å². The van der Waals surface area contributed by atoms with Gasteiger partial charge in [-0.15, -0.1) is 17.0 Å². The highest BCUT2D eigenvalue weighted by atomic mass is 79.9. The number of benzene rings is 1. The lowest BCUT2D eigenvalue weighted by Gasteiger charge is -2.15. The van der Waals surface area contributed by atoms with E-state index in [4.69, 9.17) is 5.41 Å². The molecule has 0 atom stereocenters. The first-order valence-corrected chi connectivity index (χ1v) is 4.47. The van der Waals surface area contributed by atoms with Gasteiger partial charge in [0.1, 0.15) is 0 Å². The molecular weight excluding hydrogens is 242 g/mol. The van der Waals surface area contributed by atoms with Crippen LogP contribution in [0.5, 0.6) is 0 Å². The number of hydrogen-bond donors (Lipinski definition) is 2. The molecule has 2 N–H and O–H groups in total. The van der Waals surface area contributed by atoms with Gasteiger partial charge in [-0.1, -0.05) is 30.3 Å². The van der Waals surface area contributed by atoms with Crippen LogP contribution in [0, 0.1) is 5.41 Å². The first-order chi connectivity index (χ1) is 6.36. The largest absolute Gasteiger partial charge is 0.355 e. The summed E-state index contributed by atoms with van der Waals surface area (Å²) in [5, 5.41) is 10.6. The van der Waals surface area contributed by atoms with Crippen LogP contribution in [0.1, 0.15) is 5.56 Å². The minimum atomic E-state index is 0. The second-order valence-electron chi connectivity index (χ2n) is 3.18. The Bertz CT molecular complexity index is 299. The SMILES string of the molecule is Br.N=C1NCCN1Cc1ccccc1. The molecule has 1 aromatic rings. The number of hydrogen-bond acceptors (Lipinski definition) is 1. The summed E-state index contributed by atoms with van der Waals surface area (Å²) in [4.78, 5) is 2.04. The Morgan fingerprint density at radius 3 is 2.57 bits per heavy atom. The van der Waals surface area contributed by atoms with Gasteiger partial charge >= 0.3 is 0 Å². The molecule has 0 spiro atoms. The fourth-order valence-electron chi connectivity index (χ4n) is 1.49. The molecule has 0 radical (unpaired) electrons. The van der Waals surface area contributed by atoms with Crippen LogP contribution < -0.4 is 5.32 Å². The number of nitrogens with zero attached hydrogens (tertiary/aromatic N) is 1. The van der Waals surface area contributed by atoms with Crippen molar-refractivity contribution in [2.75, 3.05) is 13.1 Å². The normalized spacial score (nSPS) is 14.9. The molecule has 14 heavy (non-hydrogen) atoms. The minimum absolute atomic E-state index is 0. The smallest absolute Gasteiger partial charge is 0.191 e. The Morgan fingerprint density at radius 2 is 2.00 bits per heavy atom. The van der Waals surface area contributed by atoms with E-state index in [0.717, 1.165) is 19.6 Å². The van der Waals surface area contributed by atoms with Gasteiger partial charge in [-0.25, -0.2) is 0 Å². The molecule has 2 rings (SSSR count). The van der Waals surface area contributed by atoms with Crippen molar-refractivity contribution in [3.05, 3.63) is 35.9 Å². The molecule has 1 heterocycles. The summed E-state index contributed by atoms with van der Waals surface area (Å²) in [6.07, 6.45) is 0. The minimum Gasteiger partial charge on any atom is -0.355 e. The van der Waals surface area contributed by atoms with Crippen LogP contribution in [0.25, 0.3) is 0 Å². The number of halogens is 1. The predicted molar refractivity (Wildman–Crippen MR) is 62.9 cm³/mol. The summed E-state index contributed by atoms with van der Waals surface area (Å²) >= 11 is 0. The van der Waals surface area contributed by atoms with Gasteiger partial charge in [0.2, 0.25) is 0 Å². The molecule has 1 fully saturated rings. The fourth-order valence-corrected chi connectivity index (χ4v) is 1.49. The Labute approximate surface area is 94.4 Å². The van der Waals surface area contributed by atoms with Crippen LogP contribution in [0.4, 0.5) is 0 Å². The summed E-state index contributed by atoms with van der Waals surface area (Å²) in [5.41, 5.74) is 1.26. The number of nitrogens with one attached hydrogen (secondary N) is 2. The van der Waals surface area contributed by atoms with Gasteiger partial charge in [0.15, 0.2) is 5.96 Å². The van der Waals surface area contributed by atoms with Gasteiger partial charge in [-0.3, -0.25) is 5.41 Å². The summed E-state index contributed by atoms with van der Waals surface area (Å²) in [6.45, 7) is 2.67. The third kappa shape index (κ3) is 2.48. The van der Waals surface area contributed by atoms with Crippen molar-refractivity contribution < 1.29 is 0 Å². The number of guanidine groups is 1. The maximum atomic E-state index is 7.57. The van der Waals surface area contributed by atoms with Crippen molar-refractivity contribution in [3.8, 4) is 0 Å². The second-order valence-corrected chi connectivity index (χ2v) is 3.18. The van der Waals surface area contributed by atoms with Gasteiger partial charge in [-0.2, -0.15) is 0 Å². The zero-order valence-corrected chi connectivity index (χ0v) is 9.58. The van der Waals surface area contributed by atoms with E-state index in [-0.39, 0.29) is 17.0 Å². The highest BCUT2D eigenvalue weighted by molar-refractivity contribution is 8.93.